The monoisotopic (exact) mass is 329 g/mol. The third-order valence-electron chi connectivity index (χ3n) is 3.14. The number of amides is 2. The summed E-state index contributed by atoms with van der Waals surface area (Å²) in [7, 11) is 1.57. The van der Waals surface area contributed by atoms with Crippen molar-refractivity contribution in [1.82, 2.24) is 10.9 Å². The van der Waals surface area contributed by atoms with Gasteiger partial charge in [-0.25, -0.2) is 0 Å². The number of nitrogens with one attached hydrogen (secondary N) is 2. The molecule has 0 heterocycles. The lowest BCUT2D eigenvalue weighted by atomic mass is 10.1. The van der Waals surface area contributed by atoms with Crippen molar-refractivity contribution in [2.24, 2.45) is 0 Å². The van der Waals surface area contributed by atoms with E-state index in [0.29, 0.717) is 12.2 Å². The van der Waals surface area contributed by atoms with Crippen LogP contribution >= 0.6 is 0 Å². The van der Waals surface area contributed by atoms with Crippen molar-refractivity contribution in [2.75, 3.05) is 7.11 Å². The average Bonchev–Trinajstić information content (AvgIpc) is 2.60. The van der Waals surface area contributed by atoms with Gasteiger partial charge in [-0.1, -0.05) is 18.2 Å². The summed E-state index contributed by atoms with van der Waals surface area (Å²) in [5.74, 6) is -1.15. The number of nitrogens with zero attached hydrogens (tertiary/aromatic N) is 1. The first-order valence-corrected chi connectivity index (χ1v) is 6.94. The van der Waals surface area contributed by atoms with Gasteiger partial charge in [0.25, 0.3) is 17.5 Å². The van der Waals surface area contributed by atoms with Crippen LogP contribution in [0.4, 0.5) is 5.69 Å². The molecule has 124 valence electrons. The number of carbonyl (C=O) groups excluding carboxylic acids is 2. The number of ether oxygens (including phenoxy) is 1. The largest absolute Gasteiger partial charge is 0.380 e. The summed E-state index contributed by atoms with van der Waals surface area (Å²) in [6.07, 6.45) is 0. The Bertz CT molecular complexity index is 759. The molecule has 8 nitrogen and oxygen atoms in total. The highest BCUT2D eigenvalue weighted by molar-refractivity contribution is 5.99. The summed E-state index contributed by atoms with van der Waals surface area (Å²) in [6.45, 7) is 0.436. The predicted octanol–water partition coefficient (Wildman–Crippen LogP) is 1.82. The number of benzene rings is 2. The molecule has 8 heteroatoms. The van der Waals surface area contributed by atoms with Crippen LogP contribution in [0.3, 0.4) is 0 Å². The number of rotatable bonds is 5. The van der Waals surface area contributed by atoms with Crippen LogP contribution in [0.2, 0.25) is 0 Å². The smallest absolute Gasteiger partial charge is 0.270 e. The molecule has 0 bridgehead atoms. The van der Waals surface area contributed by atoms with Crippen LogP contribution in [-0.2, 0) is 11.3 Å². The number of hydrogen-bond acceptors (Lipinski definition) is 5. The third-order valence-corrected chi connectivity index (χ3v) is 3.14. The Morgan fingerprint density at radius 3 is 2.25 bits per heavy atom. The molecule has 0 aromatic heterocycles. The van der Waals surface area contributed by atoms with Gasteiger partial charge >= 0.3 is 0 Å². The van der Waals surface area contributed by atoms with E-state index in [0.717, 1.165) is 11.6 Å². The highest BCUT2D eigenvalue weighted by atomic mass is 16.6. The van der Waals surface area contributed by atoms with E-state index in [1.54, 1.807) is 31.4 Å². The highest BCUT2D eigenvalue weighted by Crippen LogP contribution is 2.12. The lowest BCUT2D eigenvalue weighted by molar-refractivity contribution is -0.384. The molecule has 0 fully saturated rings. The number of non-ortho nitro benzene ring substituents is 1. The van der Waals surface area contributed by atoms with Gasteiger partial charge < -0.3 is 4.74 Å². The van der Waals surface area contributed by atoms with Gasteiger partial charge in [0, 0.05) is 30.4 Å². The van der Waals surface area contributed by atoms with Crippen LogP contribution in [0.5, 0.6) is 0 Å². The van der Waals surface area contributed by atoms with Crippen molar-refractivity contribution in [3.8, 4) is 0 Å². The van der Waals surface area contributed by atoms with E-state index in [-0.39, 0.29) is 11.3 Å². The molecule has 2 rings (SSSR count). The average molecular weight is 329 g/mol. The summed E-state index contributed by atoms with van der Waals surface area (Å²) in [4.78, 5) is 34.0. The Labute approximate surface area is 137 Å². The van der Waals surface area contributed by atoms with E-state index in [1.165, 1.54) is 18.2 Å². The van der Waals surface area contributed by atoms with Crippen LogP contribution in [0.25, 0.3) is 0 Å². The molecule has 2 amide bonds. The van der Waals surface area contributed by atoms with Gasteiger partial charge in [-0.05, 0) is 23.8 Å². The van der Waals surface area contributed by atoms with Gasteiger partial charge in [0.1, 0.15) is 0 Å². The molecule has 0 radical (unpaired) electrons. The Morgan fingerprint density at radius 2 is 1.67 bits per heavy atom. The van der Waals surface area contributed by atoms with Crippen molar-refractivity contribution >= 4 is 17.5 Å². The lowest BCUT2D eigenvalue weighted by Gasteiger charge is -2.08. The molecule has 0 aliphatic carbocycles. The molecule has 0 aliphatic heterocycles. The zero-order chi connectivity index (χ0) is 17.5. The quantitative estimate of drug-likeness (QED) is 0.642. The normalized spacial score (nSPS) is 10.0. The Balaban J connectivity index is 1.97. The van der Waals surface area contributed by atoms with E-state index in [4.69, 9.17) is 4.74 Å². The van der Waals surface area contributed by atoms with E-state index in [1.807, 2.05) is 0 Å². The Kier molecular flexibility index (Phi) is 5.58. The van der Waals surface area contributed by atoms with E-state index in [2.05, 4.69) is 10.9 Å². The van der Waals surface area contributed by atoms with E-state index in [9.17, 15) is 19.7 Å². The maximum atomic E-state index is 12.0. The number of nitro groups is 1. The first-order valence-electron chi connectivity index (χ1n) is 6.94. The second-order valence-corrected chi connectivity index (χ2v) is 4.85. The standard InChI is InChI=1S/C16H15N3O5/c1-24-10-11-5-7-12(8-6-11)15(20)17-18-16(21)13-3-2-4-14(9-13)19(22)23/h2-9H,10H2,1H3,(H,17,20)(H,18,21). The summed E-state index contributed by atoms with van der Waals surface area (Å²) < 4.78 is 4.98. The minimum atomic E-state index is -0.650. The van der Waals surface area contributed by atoms with Crippen LogP contribution < -0.4 is 10.9 Å². The van der Waals surface area contributed by atoms with Crippen molar-refractivity contribution in [3.05, 3.63) is 75.3 Å². The Hall–Kier alpha value is -3.26. The second-order valence-electron chi connectivity index (χ2n) is 4.85. The van der Waals surface area contributed by atoms with Crippen molar-refractivity contribution in [2.45, 2.75) is 6.61 Å². The van der Waals surface area contributed by atoms with Crippen LogP contribution in [0, 0.1) is 10.1 Å². The van der Waals surface area contributed by atoms with Crippen molar-refractivity contribution < 1.29 is 19.2 Å². The fourth-order valence-electron chi connectivity index (χ4n) is 1.94. The molecule has 2 aromatic carbocycles. The number of methoxy groups -OCH3 is 1. The van der Waals surface area contributed by atoms with Crippen LogP contribution in [0.1, 0.15) is 26.3 Å². The van der Waals surface area contributed by atoms with Gasteiger partial charge in [0.05, 0.1) is 11.5 Å². The van der Waals surface area contributed by atoms with Gasteiger partial charge in [-0.15, -0.1) is 0 Å². The molecule has 0 aliphatic rings. The predicted molar refractivity (Wildman–Crippen MR) is 85.2 cm³/mol. The minimum absolute atomic E-state index is 0.0694. The molecule has 24 heavy (non-hydrogen) atoms. The summed E-state index contributed by atoms with van der Waals surface area (Å²) >= 11 is 0. The minimum Gasteiger partial charge on any atom is -0.380 e. The molecule has 0 unspecified atom stereocenters. The highest BCUT2D eigenvalue weighted by Gasteiger charge is 2.12. The fourth-order valence-corrected chi connectivity index (χ4v) is 1.94. The lowest BCUT2D eigenvalue weighted by Crippen LogP contribution is -2.41. The summed E-state index contributed by atoms with van der Waals surface area (Å²) in [5.41, 5.74) is 5.61. The fraction of sp³-hybridized carbons (Fsp3) is 0.125. The summed E-state index contributed by atoms with van der Waals surface area (Å²) in [5, 5.41) is 10.7. The van der Waals surface area contributed by atoms with Crippen molar-refractivity contribution in [1.29, 1.82) is 0 Å². The molecular weight excluding hydrogens is 314 g/mol. The zero-order valence-electron chi connectivity index (χ0n) is 12.8. The number of hydrogen-bond donors (Lipinski definition) is 2. The van der Waals surface area contributed by atoms with Crippen LogP contribution in [-0.4, -0.2) is 23.8 Å². The number of hydrazine groups is 1. The maximum Gasteiger partial charge on any atom is 0.270 e. The first kappa shape index (κ1) is 17.1. The van der Waals surface area contributed by atoms with Crippen LogP contribution in [0.15, 0.2) is 48.5 Å². The molecule has 0 atom stereocenters. The molecule has 2 N–H and O–H groups in total. The Morgan fingerprint density at radius 1 is 1.04 bits per heavy atom. The zero-order valence-corrected chi connectivity index (χ0v) is 12.8. The summed E-state index contributed by atoms with van der Waals surface area (Å²) in [6, 6.07) is 11.9. The van der Waals surface area contributed by atoms with Gasteiger partial charge in [-0.2, -0.15) is 0 Å². The molecular formula is C16H15N3O5. The van der Waals surface area contributed by atoms with Gasteiger partial charge in [-0.3, -0.25) is 30.6 Å². The molecule has 0 saturated carbocycles. The van der Waals surface area contributed by atoms with E-state index < -0.39 is 16.7 Å². The number of carbonyl (C=O) groups is 2. The molecule has 2 aromatic rings. The molecule has 0 saturated heterocycles. The van der Waals surface area contributed by atoms with E-state index >= 15 is 0 Å². The van der Waals surface area contributed by atoms with Gasteiger partial charge in [0.2, 0.25) is 0 Å². The SMILES string of the molecule is COCc1ccc(C(=O)NNC(=O)c2cccc([N+](=O)[O-])c2)cc1. The van der Waals surface area contributed by atoms with Crippen molar-refractivity contribution in [3.63, 3.8) is 0 Å². The number of nitro benzene ring substituents is 1. The first-order chi connectivity index (χ1) is 11.5. The molecule has 0 spiro atoms. The maximum absolute atomic E-state index is 12.0. The van der Waals surface area contributed by atoms with Gasteiger partial charge in [0.15, 0.2) is 0 Å². The topological polar surface area (TPSA) is 111 Å². The third kappa shape index (κ3) is 4.37. The second kappa shape index (κ2) is 7.84.